The summed E-state index contributed by atoms with van der Waals surface area (Å²) in [6.45, 7) is 6.85. The zero-order valence-electron chi connectivity index (χ0n) is 19.9. The van der Waals surface area contributed by atoms with Crippen molar-refractivity contribution in [2.24, 2.45) is 0 Å². The molecule has 2 aromatic carbocycles. The van der Waals surface area contributed by atoms with Crippen LogP contribution >= 0.6 is 0 Å². The molecule has 2 fully saturated rings. The van der Waals surface area contributed by atoms with Crippen LogP contribution in [0.4, 0.5) is 23.0 Å². The van der Waals surface area contributed by atoms with E-state index in [4.69, 9.17) is 14.7 Å². The third kappa shape index (κ3) is 4.52. The molecule has 9 heteroatoms. The Morgan fingerprint density at radius 2 is 1.83 bits per heavy atom. The van der Waals surface area contributed by atoms with Gasteiger partial charge in [-0.15, -0.1) is 0 Å². The Morgan fingerprint density at radius 1 is 1.03 bits per heavy atom. The molecule has 9 nitrogen and oxygen atoms in total. The fourth-order valence-corrected chi connectivity index (χ4v) is 4.44. The molecule has 0 unspecified atom stereocenters. The van der Waals surface area contributed by atoms with Crippen molar-refractivity contribution in [3.63, 3.8) is 0 Å². The molecule has 36 heavy (non-hydrogen) atoms. The highest BCUT2D eigenvalue weighted by Crippen LogP contribution is 2.41. The van der Waals surface area contributed by atoms with Crippen LogP contribution in [-0.4, -0.2) is 51.7 Å². The minimum atomic E-state index is -0.251. The predicted molar refractivity (Wildman–Crippen MR) is 140 cm³/mol. The van der Waals surface area contributed by atoms with Crippen LogP contribution in [0.3, 0.4) is 0 Å². The van der Waals surface area contributed by atoms with Gasteiger partial charge in [-0.2, -0.15) is 4.98 Å². The molecular formula is C27H27N7O2. The number of carbonyl (C=O) groups excluding carboxylic acids is 1. The van der Waals surface area contributed by atoms with Gasteiger partial charge in [-0.05, 0) is 61.4 Å². The number of amides is 1. The van der Waals surface area contributed by atoms with Crippen molar-refractivity contribution in [1.82, 2.24) is 19.5 Å². The number of imidazole rings is 1. The number of carbonyl (C=O) groups is 1. The molecule has 3 heterocycles. The van der Waals surface area contributed by atoms with E-state index < -0.39 is 0 Å². The van der Waals surface area contributed by atoms with Crippen molar-refractivity contribution in [3.05, 3.63) is 73.2 Å². The van der Waals surface area contributed by atoms with Crippen molar-refractivity contribution < 1.29 is 9.53 Å². The lowest BCUT2D eigenvalue weighted by Crippen LogP contribution is -2.36. The van der Waals surface area contributed by atoms with Crippen LogP contribution in [0.5, 0.6) is 0 Å². The summed E-state index contributed by atoms with van der Waals surface area (Å²) >= 11 is 0. The van der Waals surface area contributed by atoms with Gasteiger partial charge in [0.15, 0.2) is 5.65 Å². The highest BCUT2D eigenvalue weighted by Gasteiger charge is 2.31. The first-order chi connectivity index (χ1) is 17.7. The van der Waals surface area contributed by atoms with Crippen molar-refractivity contribution >= 4 is 40.1 Å². The standard InChI is InChI=1S/C27H27N7O2/c1-2-24(35)29-20-4-3-5-22(16-20)34-25(18-6-7-18)31-23-17-28-27(32-26(23)34)30-19-8-10-21(11-9-19)33-12-14-36-15-13-33/h2-5,8-11,16-18H,1,6-7,12-15H2,(H,29,35)(H,28,30,32). The van der Waals surface area contributed by atoms with E-state index in [-0.39, 0.29) is 5.91 Å². The molecule has 2 aromatic heterocycles. The number of anilines is 4. The Labute approximate surface area is 208 Å². The molecule has 0 atom stereocenters. The summed E-state index contributed by atoms with van der Waals surface area (Å²) in [7, 11) is 0. The Balaban J connectivity index is 1.31. The van der Waals surface area contributed by atoms with Crippen LogP contribution in [0.25, 0.3) is 16.9 Å². The topological polar surface area (TPSA) is 97.2 Å². The number of hydrogen-bond donors (Lipinski definition) is 2. The number of hydrogen-bond acceptors (Lipinski definition) is 7. The monoisotopic (exact) mass is 481 g/mol. The van der Waals surface area contributed by atoms with E-state index in [0.29, 0.717) is 17.6 Å². The van der Waals surface area contributed by atoms with Gasteiger partial charge in [0.05, 0.1) is 25.1 Å². The van der Waals surface area contributed by atoms with E-state index in [1.807, 2.05) is 36.4 Å². The van der Waals surface area contributed by atoms with Crippen LogP contribution in [0, 0.1) is 0 Å². The smallest absolute Gasteiger partial charge is 0.247 e. The minimum absolute atomic E-state index is 0.251. The van der Waals surface area contributed by atoms with Crippen molar-refractivity contribution in [3.8, 4) is 5.69 Å². The fourth-order valence-electron chi connectivity index (χ4n) is 4.44. The fraction of sp³-hybridized carbons (Fsp3) is 0.259. The largest absolute Gasteiger partial charge is 0.378 e. The highest BCUT2D eigenvalue weighted by molar-refractivity contribution is 5.99. The maximum atomic E-state index is 11.8. The van der Waals surface area contributed by atoms with Crippen LogP contribution < -0.4 is 15.5 Å². The first-order valence-corrected chi connectivity index (χ1v) is 12.2. The number of nitrogens with one attached hydrogen (secondary N) is 2. The quantitative estimate of drug-likeness (QED) is 0.378. The molecule has 2 N–H and O–H groups in total. The summed E-state index contributed by atoms with van der Waals surface area (Å²) < 4.78 is 7.52. The zero-order chi connectivity index (χ0) is 24.5. The summed E-state index contributed by atoms with van der Waals surface area (Å²) in [4.78, 5) is 28.4. The second kappa shape index (κ2) is 9.43. The molecule has 4 aromatic rings. The maximum Gasteiger partial charge on any atom is 0.247 e. The average Bonchev–Trinajstić information content (AvgIpc) is 3.70. The minimum Gasteiger partial charge on any atom is -0.378 e. The number of morpholine rings is 1. The van der Waals surface area contributed by atoms with Gasteiger partial charge in [0, 0.05) is 36.1 Å². The average molecular weight is 482 g/mol. The van der Waals surface area contributed by atoms with Crippen molar-refractivity contribution in [2.75, 3.05) is 41.8 Å². The molecule has 1 aliphatic heterocycles. The number of rotatable bonds is 7. The van der Waals surface area contributed by atoms with Gasteiger partial charge < -0.3 is 20.3 Å². The number of ether oxygens (including phenoxy) is 1. The van der Waals surface area contributed by atoms with Gasteiger partial charge in [-0.1, -0.05) is 12.6 Å². The number of aromatic nitrogens is 4. The van der Waals surface area contributed by atoms with Crippen molar-refractivity contribution in [2.45, 2.75) is 18.8 Å². The Hall–Kier alpha value is -4.24. The SMILES string of the molecule is C=CC(=O)Nc1cccc(-n2c(C3CC3)nc3cnc(Nc4ccc(N5CCOCC5)cc4)nc32)c1. The molecule has 0 spiro atoms. The van der Waals surface area contributed by atoms with Crippen LogP contribution in [-0.2, 0) is 9.53 Å². The number of nitrogens with zero attached hydrogens (tertiary/aromatic N) is 5. The normalized spacial score (nSPS) is 15.6. The van der Waals surface area contributed by atoms with Gasteiger partial charge in [0.25, 0.3) is 0 Å². The molecule has 1 aliphatic carbocycles. The van der Waals surface area contributed by atoms with E-state index in [2.05, 4.69) is 43.8 Å². The van der Waals surface area contributed by atoms with Gasteiger partial charge >= 0.3 is 0 Å². The molecule has 0 radical (unpaired) electrons. The van der Waals surface area contributed by atoms with E-state index in [9.17, 15) is 4.79 Å². The molecule has 6 rings (SSSR count). The summed E-state index contributed by atoms with van der Waals surface area (Å²) in [6.07, 6.45) is 5.22. The Morgan fingerprint density at radius 3 is 2.58 bits per heavy atom. The van der Waals surface area contributed by atoms with Crippen LogP contribution in [0.2, 0.25) is 0 Å². The van der Waals surface area contributed by atoms with Gasteiger partial charge in [0.1, 0.15) is 11.3 Å². The Bertz CT molecular complexity index is 1420. The van der Waals surface area contributed by atoms with Crippen molar-refractivity contribution in [1.29, 1.82) is 0 Å². The molecule has 182 valence electrons. The second-order valence-electron chi connectivity index (χ2n) is 9.00. The lowest BCUT2D eigenvalue weighted by atomic mass is 10.2. The second-order valence-corrected chi connectivity index (χ2v) is 9.00. The Kier molecular flexibility index (Phi) is 5.82. The van der Waals surface area contributed by atoms with E-state index in [1.54, 1.807) is 6.20 Å². The van der Waals surface area contributed by atoms with Crippen LogP contribution in [0.1, 0.15) is 24.6 Å². The zero-order valence-corrected chi connectivity index (χ0v) is 19.9. The van der Waals surface area contributed by atoms with Crippen LogP contribution in [0.15, 0.2) is 67.4 Å². The number of benzene rings is 2. The summed E-state index contributed by atoms with van der Waals surface area (Å²) in [5.41, 5.74) is 5.14. The lowest BCUT2D eigenvalue weighted by Gasteiger charge is -2.28. The first-order valence-electron chi connectivity index (χ1n) is 12.2. The molecule has 1 amide bonds. The van der Waals surface area contributed by atoms with Gasteiger partial charge in [0.2, 0.25) is 11.9 Å². The lowest BCUT2D eigenvalue weighted by molar-refractivity contribution is -0.111. The number of fused-ring (bicyclic) bond motifs is 1. The van der Waals surface area contributed by atoms with E-state index in [0.717, 1.165) is 67.5 Å². The summed E-state index contributed by atoms with van der Waals surface area (Å²) in [6, 6.07) is 16.0. The molecule has 0 bridgehead atoms. The summed E-state index contributed by atoms with van der Waals surface area (Å²) in [5, 5.41) is 6.16. The van der Waals surface area contributed by atoms with Gasteiger partial charge in [-0.25, -0.2) is 9.97 Å². The molecule has 2 aliphatic rings. The first kappa shape index (κ1) is 22.2. The highest BCUT2D eigenvalue weighted by atomic mass is 16.5. The molecular weight excluding hydrogens is 454 g/mol. The summed E-state index contributed by atoms with van der Waals surface area (Å²) in [5.74, 6) is 1.62. The van der Waals surface area contributed by atoms with Gasteiger partial charge in [-0.3, -0.25) is 9.36 Å². The molecule has 1 saturated heterocycles. The van der Waals surface area contributed by atoms with E-state index in [1.165, 1.54) is 11.8 Å². The molecule has 1 saturated carbocycles. The van der Waals surface area contributed by atoms with E-state index >= 15 is 0 Å². The maximum absolute atomic E-state index is 11.8. The predicted octanol–water partition coefficient (Wildman–Crippen LogP) is 4.40. The third-order valence-corrected chi connectivity index (χ3v) is 6.43. The third-order valence-electron chi connectivity index (χ3n) is 6.43.